The van der Waals surface area contributed by atoms with Crippen LogP contribution >= 0.6 is 0 Å². The van der Waals surface area contributed by atoms with E-state index in [-0.39, 0.29) is 11.7 Å². The molecule has 0 bridgehead atoms. The monoisotopic (exact) mass is 445 g/mol. The number of piperidine rings is 1. The zero-order valence-electron chi connectivity index (χ0n) is 19.2. The number of ether oxygens (including phenoxy) is 1. The predicted octanol–water partition coefficient (Wildman–Crippen LogP) is 2.83. The summed E-state index contributed by atoms with van der Waals surface area (Å²) in [5.74, 6) is 0.112. The summed E-state index contributed by atoms with van der Waals surface area (Å²) in [6.45, 7) is 1.98. The molecule has 9 heteroatoms. The summed E-state index contributed by atoms with van der Waals surface area (Å²) in [4.78, 5) is 12.0. The van der Waals surface area contributed by atoms with Crippen molar-refractivity contribution in [1.29, 1.82) is 0 Å². The van der Waals surface area contributed by atoms with Gasteiger partial charge in [0.15, 0.2) is 11.6 Å². The largest absolute Gasteiger partial charge is 0.494 e. The number of rotatable bonds is 4. The molecule has 0 aromatic heterocycles. The van der Waals surface area contributed by atoms with Gasteiger partial charge in [-0.25, -0.2) is 14.4 Å². The molecule has 5 N–H and O–H groups in total. The second kappa shape index (κ2) is 10.0. The lowest BCUT2D eigenvalue weighted by Gasteiger charge is -2.40. The lowest BCUT2D eigenvalue weighted by atomic mass is 9.93. The number of anilines is 1. The van der Waals surface area contributed by atoms with Gasteiger partial charge in [-0.3, -0.25) is 11.1 Å². The van der Waals surface area contributed by atoms with Crippen molar-refractivity contribution in [2.75, 3.05) is 32.6 Å². The SMILES string of the molecule is COc1ccc(NC2=NC(N)(C3CCCCCC3)N=C(N(C)C3CCNCC3)N2)cc1F. The topological polar surface area (TPSA) is 99.3 Å². The van der Waals surface area contributed by atoms with Crippen LogP contribution in [0.1, 0.15) is 51.4 Å². The Kier molecular flexibility index (Phi) is 7.15. The molecule has 8 nitrogen and oxygen atoms in total. The number of guanidine groups is 2. The molecule has 2 heterocycles. The molecule has 4 rings (SSSR count). The van der Waals surface area contributed by atoms with E-state index < -0.39 is 11.6 Å². The van der Waals surface area contributed by atoms with E-state index in [4.69, 9.17) is 20.5 Å². The minimum absolute atomic E-state index is 0.174. The van der Waals surface area contributed by atoms with E-state index in [9.17, 15) is 4.39 Å². The van der Waals surface area contributed by atoms with E-state index in [2.05, 4.69) is 27.9 Å². The smallest absolute Gasteiger partial charge is 0.212 e. The number of aliphatic imine (C=N–C) groups is 2. The van der Waals surface area contributed by atoms with Crippen LogP contribution in [0.2, 0.25) is 0 Å². The van der Waals surface area contributed by atoms with E-state index in [0.717, 1.165) is 57.6 Å². The van der Waals surface area contributed by atoms with E-state index in [1.54, 1.807) is 12.1 Å². The minimum atomic E-state index is -1.04. The van der Waals surface area contributed by atoms with E-state index in [1.807, 2.05) is 0 Å². The van der Waals surface area contributed by atoms with Gasteiger partial charge in [0.05, 0.1) is 7.11 Å². The second-order valence-corrected chi connectivity index (χ2v) is 9.06. The second-order valence-electron chi connectivity index (χ2n) is 9.06. The van der Waals surface area contributed by atoms with Crippen LogP contribution in [0.15, 0.2) is 28.2 Å². The van der Waals surface area contributed by atoms with E-state index >= 15 is 0 Å². The van der Waals surface area contributed by atoms with Crippen LogP contribution < -0.4 is 26.4 Å². The summed E-state index contributed by atoms with van der Waals surface area (Å²) < 4.78 is 19.3. The number of benzene rings is 1. The molecular formula is C23H36FN7O. The Balaban J connectivity index is 1.61. The quantitative estimate of drug-likeness (QED) is 0.532. The highest BCUT2D eigenvalue weighted by atomic mass is 19.1. The van der Waals surface area contributed by atoms with Gasteiger partial charge in [0.25, 0.3) is 0 Å². The maximum atomic E-state index is 14.3. The molecule has 2 aliphatic heterocycles. The molecule has 0 radical (unpaired) electrons. The number of halogens is 1. The Bertz CT molecular complexity index is 847. The average molecular weight is 446 g/mol. The first-order chi connectivity index (χ1) is 15.5. The Labute approximate surface area is 189 Å². The van der Waals surface area contributed by atoms with Crippen molar-refractivity contribution >= 4 is 17.6 Å². The van der Waals surface area contributed by atoms with Crippen molar-refractivity contribution in [3.05, 3.63) is 24.0 Å². The molecule has 3 aliphatic rings. The van der Waals surface area contributed by atoms with Gasteiger partial charge in [-0.1, -0.05) is 25.7 Å². The minimum Gasteiger partial charge on any atom is -0.494 e. The summed E-state index contributed by atoms with van der Waals surface area (Å²) in [5, 5.41) is 9.94. The van der Waals surface area contributed by atoms with E-state index in [0.29, 0.717) is 17.7 Å². The van der Waals surface area contributed by atoms with Crippen molar-refractivity contribution < 1.29 is 9.13 Å². The molecule has 1 saturated carbocycles. The molecule has 32 heavy (non-hydrogen) atoms. The Morgan fingerprint density at radius 2 is 1.84 bits per heavy atom. The fraction of sp³-hybridized carbons (Fsp3) is 0.652. The van der Waals surface area contributed by atoms with Crippen LogP contribution in [0.5, 0.6) is 5.75 Å². The first-order valence-electron chi connectivity index (χ1n) is 11.8. The van der Waals surface area contributed by atoms with Gasteiger partial charge in [0, 0.05) is 30.8 Å². The van der Waals surface area contributed by atoms with Crippen molar-refractivity contribution in [3.63, 3.8) is 0 Å². The number of nitrogens with one attached hydrogen (secondary N) is 3. The third-order valence-corrected chi connectivity index (χ3v) is 6.87. The molecule has 1 atom stereocenters. The number of nitrogens with two attached hydrogens (primary N) is 1. The fourth-order valence-corrected chi connectivity index (χ4v) is 4.90. The molecule has 1 saturated heterocycles. The maximum absolute atomic E-state index is 14.3. The zero-order chi connectivity index (χ0) is 22.6. The highest BCUT2D eigenvalue weighted by Gasteiger charge is 2.39. The van der Waals surface area contributed by atoms with Crippen LogP contribution in [0.25, 0.3) is 0 Å². The summed E-state index contributed by atoms with van der Waals surface area (Å²) in [6.07, 6.45) is 8.87. The maximum Gasteiger partial charge on any atom is 0.212 e. The molecule has 1 aromatic carbocycles. The Morgan fingerprint density at radius 3 is 2.50 bits per heavy atom. The molecule has 2 fully saturated rings. The van der Waals surface area contributed by atoms with Crippen LogP contribution in [0.3, 0.4) is 0 Å². The molecule has 0 amide bonds. The Hall–Kier alpha value is -2.39. The first-order valence-corrected chi connectivity index (χ1v) is 11.8. The van der Waals surface area contributed by atoms with Gasteiger partial charge in [-0.2, -0.15) is 0 Å². The summed E-state index contributed by atoms with van der Waals surface area (Å²) in [5.41, 5.74) is 7.47. The van der Waals surface area contributed by atoms with Crippen molar-refractivity contribution in [2.24, 2.45) is 21.6 Å². The van der Waals surface area contributed by atoms with Crippen LogP contribution in [-0.4, -0.2) is 55.9 Å². The van der Waals surface area contributed by atoms with Gasteiger partial charge in [0.1, 0.15) is 0 Å². The zero-order valence-corrected chi connectivity index (χ0v) is 19.2. The van der Waals surface area contributed by atoms with Gasteiger partial charge < -0.3 is 20.3 Å². The van der Waals surface area contributed by atoms with Crippen molar-refractivity contribution in [3.8, 4) is 5.75 Å². The van der Waals surface area contributed by atoms with Crippen LogP contribution in [0.4, 0.5) is 10.1 Å². The van der Waals surface area contributed by atoms with E-state index in [1.165, 1.54) is 26.0 Å². The fourth-order valence-electron chi connectivity index (χ4n) is 4.90. The summed E-state index contributed by atoms with van der Waals surface area (Å²) in [7, 11) is 3.51. The lowest BCUT2D eigenvalue weighted by molar-refractivity contribution is 0.242. The lowest BCUT2D eigenvalue weighted by Crippen LogP contribution is -2.58. The molecule has 176 valence electrons. The number of hydrogen-bond donors (Lipinski definition) is 4. The van der Waals surface area contributed by atoms with Gasteiger partial charge >= 0.3 is 0 Å². The molecule has 1 aromatic rings. The van der Waals surface area contributed by atoms with Gasteiger partial charge in [-0.05, 0) is 50.9 Å². The third-order valence-electron chi connectivity index (χ3n) is 6.87. The van der Waals surface area contributed by atoms with Gasteiger partial charge in [0.2, 0.25) is 17.7 Å². The Morgan fingerprint density at radius 1 is 1.12 bits per heavy atom. The van der Waals surface area contributed by atoms with Gasteiger partial charge in [-0.15, -0.1) is 0 Å². The third kappa shape index (κ3) is 5.15. The molecule has 1 unspecified atom stereocenters. The average Bonchev–Trinajstić information content (AvgIpc) is 3.09. The summed E-state index contributed by atoms with van der Waals surface area (Å²) >= 11 is 0. The molecule has 0 spiro atoms. The predicted molar refractivity (Wildman–Crippen MR) is 126 cm³/mol. The van der Waals surface area contributed by atoms with Crippen molar-refractivity contribution in [1.82, 2.24) is 15.5 Å². The first kappa shape index (κ1) is 22.8. The molecule has 1 aliphatic carbocycles. The summed E-state index contributed by atoms with van der Waals surface area (Å²) in [6, 6.07) is 5.13. The highest BCUT2D eigenvalue weighted by molar-refractivity contribution is 6.06. The van der Waals surface area contributed by atoms with Crippen LogP contribution in [0, 0.1) is 11.7 Å². The highest BCUT2D eigenvalue weighted by Crippen LogP contribution is 2.34. The molecular weight excluding hydrogens is 409 g/mol. The van der Waals surface area contributed by atoms with Crippen LogP contribution in [-0.2, 0) is 0 Å². The number of nitrogens with zero attached hydrogens (tertiary/aromatic N) is 3. The number of methoxy groups -OCH3 is 1. The van der Waals surface area contributed by atoms with Crippen molar-refractivity contribution in [2.45, 2.75) is 63.2 Å². The normalized spacial score (nSPS) is 25.2. The standard InChI is InChI=1S/C23H36FN7O/c1-31(18-11-13-26-14-12-18)22-28-21(27-17-9-10-20(32-2)19(24)15-17)29-23(25,30-22)16-7-5-3-4-6-8-16/h9-10,15-16,18,26H,3-8,11-14,25H2,1-2H3,(H2,27,28,29,30). The number of hydrogen-bond acceptors (Lipinski definition) is 8.